The highest BCUT2D eigenvalue weighted by atomic mass is 16.5. The summed E-state index contributed by atoms with van der Waals surface area (Å²) < 4.78 is 17.9. The number of likely N-dealkylation sites (N-methyl/N-ethyl adjacent to an activating group) is 1. The molecular formula is C24H39N9O5. The molecule has 0 spiro atoms. The summed E-state index contributed by atoms with van der Waals surface area (Å²) in [6.45, 7) is 4.49. The first-order valence-corrected chi connectivity index (χ1v) is 12.6. The van der Waals surface area contributed by atoms with Crippen molar-refractivity contribution in [2.75, 3.05) is 73.4 Å². The molecule has 0 radical (unpaired) electrons. The van der Waals surface area contributed by atoms with Gasteiger partial charge in [0.25, 0.3) is 0 Å². The Labute approximate surface area is 222 Å². The highest BCUT2D eigenvalue weighted by Gasteiger charge is 2.14. The lowest BCUT2D eigenvalue weighted by atomic mass is 10.1. The maximum atomic E-state index is 12.2. The molecule has 0 aliphatic carbocycles. The van der Waals surface area contributed by atoms with Gasteiger partial charge in [-0.1, -0.05) is 22.5 Å². The van der Waals surface area contributed by atoms with E-state index in [2.05, 4.69) is 35.9 Å². The number of hydrogen-bond donors (Lipinski definition) is 3. The second-order valence-electron chi connectivity index (χ2n) is 8.64. The number of nitrogens with one attached hydrogen (secondary N) is 2. The van der Waals surface area contributed by atoms with Crippen molar-refractivity contribution in [2.45, 2.75) is 25.4 Å². The summed E-state index contributed by atoms with van der Waals surface area (Å²) >= 11 is 0. The van der Waals surface area contributed by atoms with Crippen molar-refractivity contribution in [3.63, 3.8) is 0 Å². The monoisotopic (exact) mass is 533 g/mol. The van der Waals surface area contributed by atoms with Crippen LogP contribution in [0.5, 0.6) is 5.75 Å². The van der Waals surface area contributed by atoms with Crippen LogP contribution in [-0.4, -0.2) is 110 Å². The van der Waals surface area contributed by atoms with Gasteiger partial charge in [0.1, 0.15) is 5.75 Å². The van der Waals surface area contributed by atoms with Crippen LogP contribution in [0.2, 0.25) is 0 Å². The SMILES string of the molecule is CN(C)C(CNC(=O)NCCc1cn(CCOCCOCCOCCN=[N+]=[N-])nn1)Cc1ccc(O)cc1. The smallest absolute Gasteiger partial charge is 0.314 e. The van der Waals surface area contributed by atoms with Gasteiger partial charge in [-0.25, -0.2) is 9.48 Å². The number of urea groups is 1. The fourth-order valence-electron chi connectivity index (χ4n) is 3.33. The Morgan fingerprint density at radius 3 is 2.47 bits per heavy atom. The molecule has 0 fully saturated rings. The minimum absolute atomic E-state index is 0.120. The number of azide groups is 1. The Kier molecular flexibility index (Phi) is 15.2. The number of ether oxygens (including phenoxy) is 3. The van der Waals surface area contributed by atoms with Crippen molar-refractivity contribution in [1.29, 1.82) is 0 Å². The second kappa shape index (κ2) is 18.8. The predicted molar refractivity (Wildman–Crippen MR) is 141 cm³/mol. The number of amides is 2. The van der Waals surface area contributed by atoms with E-state index in [4.69, 9.17) is 19.7 Å². The molecule has 0 bridgehead atoms. The number of aromatic hydroxyl groups is 1. The number of phenolic OH excluding ortho intramolecular Hbond substituents is 1. The molecule has 0 aliphatic rings. The number of phenols is 1. The molecule has 14 nitrogen and oxygen atoms in total. The summed E-state index contributed by atoms with van der Waals surface area (Å²) in [6.07, 6.45) is 3.16. The molecule has 3 N–H and O–H groups in total. The zero-order valence-electron chi connectivity index (χ0n) is 22.2. The third kappa shape index (κ3) is 13.8. The molecule has 2 amide bonds. The van der Waals surface area contributed by atoms with Crippen LogP contribution in [0.4, 0.5) is 4.79 Å². The van der Waals surface area contributed by atoms with Gasteiger partial charge in [0.05, 0.1) is 51.9 Å². The van der Waals surface area contributed by atoms with Crippen LogP contribution in [0.3, 0.4) is 0 Å². The van der Waals surface area contributed by atoms with E-state index in [-0.39, 0.29) is 17.8 Å². The van der Waals surface area contributed by atoms with Crippen LogP contribution in [0.25, 0.3) is 10.4 Å². The minimum Gasteiger partial charge on any atom is -0.508 e. The van der Waals surface area contributed by atoms with Gasteiger partial charge in [0.15, 0.2) is 0 Å². The van der Waals surface area contributed by atoms with Gasteiger partial charge in [-0.3, -0.25) is 0 Å². The first-order valence-electron chi connectivity index (χ1n) is 12.6. The molecule has 1 aromatic heterocycles. The fraction of sp³-hybridized carbons (Fsp3) is 0.625. The molecular weight excluding hydrogens is 494 g/mol. The van der Waals surface area contributed by atoms with E-state index in [0.29, 0.717) is 72.2 Å². The molecule has 0 aliphatic heterocycles. The van der Waals surface area contributed by atoms with Crippen molar-refractivity contribution < 1.29 is 24.1 Å². The summed E-state index contributed by atoms with van der Waals surface area (Å²) in [5.74, 6) is 0.238. The maximum absolute atomic E-state index is 12.2. The molecule has 38 heavy (non-hydrogen) atoms. The lowest BCUT2D eigenvalue weighted by Gasteiger charge is -2.25. The summed E-state index contributed by atoms with van der Waals surface area (Å²) in [4.78, 5) is 16.9. The van der Waals surface area contributed by atoms with E-state index in [9.17, 15) is 9.90 Å². The average Bonchev–Trinajstić information content (AvgIpc) is 3.35. The van der Waals surface area contributed by atoms with Crippen molar-refractivity contribution in [2.24, 2.45) is 5.11 Å². The predicted octanol–water partition coefficient (Wildman–Crippen LogP) is 1.36. The Morgan fingerprint density at radius 1 is 1.11 bits per heavy atom. The molecule has 210 valence electrons. The largest absolute Gasteiger partial charge is 0.508 e. The number of rotatable bonds is 20. The Morgan fingerprint density at radius 2 is 1.79 bits per heavy atom. The summed E-state index contributed by atoms with van der Waals surface area (Å²) in [7, 11) is 3.95. The quantitative estimate of drug-likeness (QED) is 0.0990. The van der Waals surface area contributed by atoms with Crippen molar-refractivity contribution >= 4 is 6.03 Å². The fourth-order valence-corrected chi connectivity index (χ4v) is 3.33. The molecule has 2 rings (SSSR count). The topological polar surface area (TPSA) is 172 Å². The number of hydrogen-bond acceptors (Lipinski definition) is 9. The van der Waals surface area contributed by atoms with Gasteiger partial charge < -0.3 is 34.9 Å². The van der Waals surface area contributed by atoms with Crippen LogP contribution in [0.1, 0.15) is 11.3 Å². The highest BCUT2D eigenvalue weighted by Crippen LogP contribution is 2.12. The molecule has 0 saturated heterocycles. The molecule has 1 atom stereocenters. The minimum atomic E-state index is -0.231. The van der Waals surface area contributed by atoms with Gasteiger partial charge >= 0.3 is 6.03 Å². The molecule has 1 heterocycles. The van der Waals surface area contributed by atoms with Crippen LogP contribution < -0.4 is 10.6 Å². The number of carbonyl (C=O) groups is 1. The van der Waals surface area contributed by atoms with Crippen molar-refractivity contribution in [1.82, 2.24) is 30.5 Å². The summed E-state index contributed by atoms with van der Waals surface area (Å²) in [5.41, 5.74) is 10.0. The third-order valence-corrected chi connectivity index (χ3v) is 5.50. The van der Waals surface area contributed by atoms with Gasteiger partial charge in [0, 0.05) is 43.2 Å². The van der Waals surface area contributed by atoms with E-state index in [1.807, 2.05) is 32.4 Å². The van der Waals surface area contributed by atoms with E-state index in [0.717, 1.165) is 17.7 Å². The van der Waals surface area contributed by atoms with Gasteiger partial charge in [-0.2, -0.15) is 0 Å². The zero-order chi connectivity index (χ0) is 27.4. The Hall–Kier alpha value is -3.42. The lowest BCUT2D eigenvalue weighted by molar-refractivity contribution is 0.0141. The number of benzene rings is 1. The molecule has 14 heteroatoms. The zero-order valence-corrected chi connectivity index (χ0v) is 22.2. The normalized spacial score (nSPS) is 11.8. The Balaban J connectivity index is 1.51. The Bertz CT molecular complexity index is 964. The van der Waals surface area contributed by atoms with Crippen LogP contribution >= 0.6 is 0 Å². The van der Waals surface area contributed by atoms with E-state index in [1.54, 1.807) is 16.8 Å². The molecule has 1 aromatic carbocycles. The average molecular weight is 534 g/mol. The number of carbonyl (C=O) groups excluding carboxylic acids is 1. The molecule has 1 unspecified atom stereocenters. The highest BCUT2D eigenvalue weighted by molar-refractivity contribution is 5.73. The lowest BCUT2D eigenvalue weighted by Crippen LogP contribution is -2.45. The standard InChI is InChI=1S/C24H39N9O5/c1-32(2)22(17-20-3-5-23(34)6-4-20)18-27-24(35)26-8-7-21-19-33(31-29-21)10-12-37-14-16-38-15-13-36-11-9-28-30-25/h3-6,19,22,34H,7-18H2,1-2H3,(H2,26,27,35). The van der Waals surface area contributed by atoms with Gasteiger partial charge in [-0.05, 0) is 43.7 Å². The van der Waals surface area contributed by atoms with Crippen molar-refractivity contribution in [3.8, 4) is 5.75 Å². The van der Waals surface area contributed by atoms with E-state index >= 15 is 0 Å². The number of nitrogens with zero attached hydrogens (tertiary/aromatic N) is 7. The van der Waals surface area contributed by atoms with Gasteiger partial charge in [-0.15, -0.1) is 5.10 Å². The third-order valence-electron chi connectivity index (χ3n) is 5.50. The van der Waals surface area contributed by atoms with Crippen LogP contribution in [0, 0.1) is 0 Å². The van der Waals surface area contributed by atoms with Gasteiger partial charge in [0.2, 0.25) is 0 Å². The number of aromatic nitrogens is 3. The summed E-state index contributed by atoms with van der Waals surface area (Å²) in [5, 5.41) is 26.8. The van der Waals surface area contributed by atoms with Crippen molar-refractivity contribution in [3.05, 3.63) is 52.2 Å². The van der Waals surface area contributed by atoms with Crippen LogP contribution in [0.15, 0.2) is 35.6 Å². The first kappa shape index (κ1) is 30.8. The molecule has 0 saturated carbocycles. The summed E-state index contributed by atoms with van der Waals surface area (Å²) in [6, 6.07) is 6.99. The maximum Gasteiger partial charge on any atom is 0.314 e. The second-order valence-corrected chi connectivity index (χ2v) is 8.64. The van der Waals surface area contributed by atoms with Crippen LogP contribution in [-0.2, 0) is 33.6 Å². The molecule has 2 aromatic rings. The van der Waals surface area contributed by atoms with E-state index < -0.39 is 0 Å². The van der Waals surface area contributed by atoms with E-state index in [1.165, 1.54) is 0 Å². The first-order chi connectivity index (χ1) is 18.5.